The van der Waals surface area contributed by atoms with Gasteiger partial charge in [-0.25, -0.2) is 0 Å². The Bertz CT molecular complexity index is 703. The lowest BCUT2D eigenvalue weighted by molar-refractivity contribution is -0.127. The summed E-state index contributed by atoms with van der Waals surface area (Å²) in [5, 5.41) is 6.85. The Kier molecular flexibility index (Phi) is 2.72. The van der Waals surface area contributed by atoms with Crippen molar-refractivity contribution in [1.82, 2.24) is 10.6 Å². The number of amides is 1. The minimum atomic E-state index is -0.171. The third-order valence-electron chi connectivity index (χ3n) is 4.79. The van der Waals surface area contributed by atoms with Crippen LogP contribution in [-0.4, -0.2) is 18.1 Å². The molecule has 4 aliphatic rings. The number of hydrogen-bond acceptors (Lipinski definition) is 5. The Balaban J connectivity index is 1.42. The zero-order valence-electron chi connectivity index (χ0n) is 11.9. The van der Waals surface area contributed by atoms with Crippen LogP contribution in [0.15, 0.2) is 28.7 Å². The first-order valence-corrected chi connectivity index (χ1v) is 8.52. The first-order valence-electron chi connectivity index (χ1n) is 7.64. The predicted molar refractivity (Wildman–Crippen MR) is 82.3 cm³/mol. The fourth-order valence-corrected chi connectivity index (χ4v) is 5.32. The summed E-state index contributed by atoms with van der Waals surface area (Å²) in [7, 11) is 0. The number of ether oxygens (including phenoxy) is 2. The molecule has 3 aliphatic heterocycles. The third kappa shape index (κ3) is 1.80. The summed E-state index contributed by atoms with van der Waals surface area (Å²) < 4.78 is 10.8. The molecule has 114 valence electrons. The van der Waals surface area contributed by atoms with Crippen LogP contribution in [0.5, 0.6) is 11.5 Å². The second-order valence-electron chi connectivity index (χ2n) is 6.04. The Labute approximate surface area is 132 Å². The van der Waals surface area contributed by atoms with Gasteiger partial charge in [0.05, 0.1) is 11.3 Å². The quantitative estimate of drug-likeness (QED) is 0.832. The van der Waals surface area contributed by atoms with Gasteiger partial charge >= 0.3 is 0 Å². The van der Waals surface area contributed by atoms with Gasteiger partial charge in [-0.2, -0.15) is 0 Å². The van der Waals surface area contributed by atoms with E-state index in [4.69, 9.17) is 9.47 Å². The lowest BCUT2D eigenvalue weighted by atomic mass is 9.94. The van der Waals surface area contributed by atoms with Crippen molar-refractivity contribution in [2.75, 3.05) is 6.79 Å². The molecule has 1 fully saturated rings. The van der Waals surface area contributed by atoms with E-state index in [1.54, 1.807) is 0 Å². The van der Waals surface area contributed by atoms with Crippen LogP contribution in [-0.2, 0) is 4.79 Å². The molecule has 0 spiro atoms. The molecule has 0 saturated carbocycles. The van der Waals surface area contributed by atoms with E-state index in [9.17, 15) is 4.79 Å². The SMILES string of the molecule is O=C1NC(c2ccc3c(c2)OCO3)NC2SC3=C(CCC3)C12. The molecule has 3 heterocycles. The number of hydrogen-bond donors (Lipinski definition) is 2. The number of carbonyl (C=O) groups excluding carboxylic acids is 1. The maximum Gasteiger partial charge on any atom is 0.231 e. The zero-order valence-corrected chi connectivity index (χ0v) is 12.7. The van der Waals surface area contributed by atoms with E-state index in [0.717, 1.165) is 29.9 Å². The molecular weight excluding hydrogens is 300 g/mol. The van der Waals surface area contributed by atoms with E-state index in [1.807, 2.05) is 30.0 Å². The van der Waals surface area contributed by atoms with Gasteiger partial charge in [-0.1, -0.05) is 6.07 Å². The molecule has 0 aromatic heterocycles. The molecule has 1 amide bonds. The number of nitrogens with one attached hydrogen (secondary N) is 2. The van der Waals surface area contributed by atoms with E-state index in [-0.39, 0.29) is 30.2 Å². The monoisotopic (exact) mass is 316 g/mol. The Morgan fingerprint density at radius 3 is 3.05 bits per heavy atom. The molecule has 1 aromatic rings. The highest BCUT2D eigenvalue weighted by molar-refractivity contribution is 8.04. The van der Waals surface area contributed by atoms with Crippen molar-refractivity contribution < 1.29 is 14.3 Å². The molecule has 1 aliphatic carbocycles. The topological polar surface area (TPSA) is 59.6 Å². The second kappa shape index (κ2) is 4.67. The maximum absolute atomic E-state index is 12.6. The van der Waals surface area contributed by atoms with Crippen LogP contribution >= 0.6 is 11.8 Å². The van der Waals surface area contributed by atoms with Crippen molar-refractivity contribution in [3.05, 3.63) is 34.2 Å². The van der Waals surface area contributed by atoms with Crippen molar-refractivity contribution in [2.45, 2.75) is 30.8 Å². The molecule has 0 bridgehead atoms. The van der Waals surface area contributed by atoms with Crippen molar-refractivity contribution in [1.29, 1.82) is 0 Å². The van der Waals surface area contributed by atoms with Gasteiger partial charge in [0.25, 0.3) is 0 Å². The Morgan fingerprint density at radius 2 is 2.09 bits per heavy atom. The number of rotatable bonds is 1. The molecule has 6 heteroatoms. The molecule has 1 aromatic carbocycles. The normalized spacial score (nSPS) is 32.0. The smallest absolute Gasteiger partial charge is 0.231 e. The fourth-order valence-electron chi connectivity index (χ4n) is 3.74. The standard InChI is InChI=1S/C16H16N2O3S/c19-15-13-9-2-1-3-12(9)22-16(13)18-14(17-15)8-4-5-10-11(6-8)21-7-20-10/h4-6,13-14,16,18H,1-3,7H2,(H,17,19). The number of thioether (sulfide) groups is 1. The Morgan fingerprint density at radius 1 is 1.18 bits per heavy atom. The van der Waals surface area contributed by atoms with Crippen molar-refractivity contribution >= 4 is 17.7 Å². The summed E-state index contributed by atoms with van der Waals surface area (Å²) in [4.78, 5) is 14.0. The molecule has 3 atom stereocenters. The van der Waals surface area contributed by atoms with Gasteiger partial charge < -0.3 is 14.8 Å². The van der Waals surface area contributed by atoms with Gasteiger partial charge in [0, 0.05) is 0 Å². The summed E-state index contributed by atoms with van der Waals surface area (Å²) in [6.45, 7) is 0.264. The van der Waals surface area contributed by atoms with Crippen molar-refractivity contribution in [2.24, 2.45) is 5.92 Å². The van der Waals surface area contributed by atoms with Crippen LogP contribution in [0.25, 0.3) is 0 Å². The van der Waals surface area contributed by atoms with E-state index >= 15 is 0 Å². The lowest BCUT2D eigenvalue weighted by Crippen LogP contribution is -2.54. The second-order valence-corrected chi connectivity index (χ2v) is 7.28. The highest BCUT2D eigenvalue weighted by atomic mass is 32.2. The Hall–Kier alpha value is -1.66. The van der Waals surface area contributed by atoms with Crippen LogP contribution in [0.1, 0.15) is 31.0 Å². The summed E-state index contributed by atoms with van der Waals surface area (Å²) in [5.41, 5.74) is 2.37. The molecule has 2 N–H and O–H groups in total. The van der Waals surface area contributed by atoms with Gasteiger partial charge in [-0.15, -0.1) is 11.8 Å². The number of fused-ring (bicyclic) bond motifs is 3. The highest BCUT2D eigenvalue weighted by Gasteiger charge is 2.46. The molecule has 0 radical (unpaired) electrons. The molecule has 5 rings (SSSR count). The zero-order chi connectivity index (χ0) is 14.7. The van der Waals surface area contributed by atoms with Crippen LogP contribution in [0.3, 0.4) is 0 Å². The van der Waals surface area contributed by atoms with Gasteiger partial charge in [0.2, 0.25) is 12.7 Å². The van der Waals surface area contributed by atoms with Crippen molar-refractivity contribution in [3.8, 4) is 11.5 Å². The van der Waals surface area contributed by atoms with Gasteiger partial charge in [-0.05, 0) is 47.4 Å². The molecule has 3 unspecified atom stereocenters. The minimum Gasteiger partial charge on any atom is -0.454 e. The third-order valence-corrected chi connectivity index (χ3v) is 6.20. The van der Waals surface area contributed by atoms with Crippen LogP contribution in [0.4, 0.5) is 0 Å². The van der Waals surface area contributed by atoms with Crippen molar-refractivity contribution in [3.63, 3.8) is 0 Å². The summed E-state index contributed by atoms with van der Waals surface area (Å²) in [5.74, 6) is 1.66. The summed E-state index contributed by atoms with van der Waals surface area (Å²) >= 11 is 1.84. The van der Waals surface area contributed by atoms with Crippen LogP contribution in [0.2, 0.25) is 0 Å². The molecular formula is C16H16N2O3S. The molecule has 22 heavy (non-hydrogen) atoms. The lowest BCUT2D eigenvalue weighted by Gasteiger charge is -2.35. The summed E-state index contributed by atoms with van der Waals surface area (Å²) in [6.07, 6.45) is 3.24. The van der Waals surface area contributed by atoms with Gasteiger partial charge in [-0.3, -0.25) is 10.1 Å². The van der Waals surface area contributed by atoms with Gasteiger partial charge in [0.15, 0.2) is 11.5 Å². The predicted octanol–water partition coefficient (Wildman–Crippen LogP) is 2.26. The first kappa shape index (κ1) is 12.8. The van der Waals surface area contributed by atoms with E-state index < -0.39 is 0 Å². The average Bonchev–Trinajstić information content (AvgIpc) is 3.20. The van der Waals surface area contributed by atoms with E-state index in [2.05, 4.69) is 10.6 Å². The maximum atomic E-state index is 12.6. The average molecular weight is 316 g/mol. The minimum absolute atomic E-state index is 0.00719. The van der Waals surface area contributed by atoms with E-state index in [1.165, 1.54) is 16.9 Å². The first-order chi connectivity index (χ1) is 10.8. The molecule has 1 saturated heterocycles. The largest absolute Gasteiger partial charge is 0.454 e. The summed E-state index contributed by atoms with van der Waals surface area (Å²) in [6, 6.07) is 5.82. The van der Waals surface area contributed by atoms with Crippen LogP contribution < -0.4 is 20.1 Å². The number of allylic oxidation sites excluding steroid dienone is 1. The molecule has 5 nitrogen and oxygen atoms in total. The van der Waals surface area contributed by atoms with E-state index in [0.29, 0.717) is 0 Å². The number of carbonyl (C=O) groups is 1. The van der Waals surface area contributed by atoms with Crippen LogP contribution in [0, 0.1) is 5.92 Å². The van der Waals surface area contributed by atoms with Gasteiger partial charge in [0.1, 0.15) is 6.17 Å². The highest BCUT2D eigenvalue weighted by Crippen LogP contribution is 2.51. The number of benzene rings is 1. The fraction of sp³-hybridized carbons (Fsp3) is 0.438.